The summed E-state index contributed by atoms with van der Waals surface area (Å²) in [7, 11) is 0. The molecule has 0 bridgehead atoms. The van der Waals surface area contributed by atoms with Crippen molar-refractivity contribution in [3.8, 4) is 23.0 Å². The summed E-state index contributed by atoms with van der Waals surface area (Å²) in [5.74, 6) is 3.67. The molecule has 0 aliphatic rings. The van der Waals surface area contributed by atoms with Gasteiger partial charge in [0.15, 0.2) is 0 Å². The van der Waals surface area contributed by atoms with Crippen molar-refractivity contribution in [2.24, 2.45) is 0 Å². The normalized spacial score (nSPS) is 10.5. The number of benzene rings is 4. The molecule has 0 N–H and O–H groups in total. The third-order valence-corrected chi connectivity index (χ3v) is 5.10. The monoisotopic (exact) mass is 412 g/mol. The first kappa shape index (κ1) is 20.5. The van der Waals surface area contributed by atoms with Gasteiger partial charge in [-0.2, -0.15) is 0 Å². The predicted molar refractivity (Wildman–Crippen MR) is 120 cm³/mol. The summed E-state index contributed by atoms with van der Waals surface area (Å²) in [5.41, 5.74) is 2.66. The second-order valence-electron chi connectivity index (χ2n) is 7.30. The van der Waals surface area contributed by atoms with E-state index >= 15 is 0 Å². The minimum absolute atomic E-state index is 0.273. The summed E-state index contributed by atoms with van der Waals surface area (Å²) in [6, 6.07) is 19.9. The fourth-order valence-electron chi connectivity index (χ4n) is 3.42. The van der Waals surface area contributed by atoms with E-state index in [0.29, 0.717) is 11.1 Å². The van der Waals surface area contributed by atoms with E-state index in [4.69, 9.17) is 0 Å². The van der Waals surface area contributed by atoms with Crippen molar-refractivity contribution < 1.29 is 13.2 Å². The van der Waals surface area contributed by atoms with Gasteiger partial charge in [0.05, 0.1) is 5.56 Å². The topological polar surface area (TPSA) is 0 Å². The van der Waals surface area contributed by atoms with Crippen LogP contribution in [0.1, 0.15) is 23.1 Å². The molecule has 4 aromatic carbocycles. The SMILES string of the molecule is C=CCCc1ccc(-c2cc(F)c(C#Cc3ccc4cc(F)ccc4c3)c(F)c2)cc1. The Morgan fingerprint density at radius 3 is 2.10 bits per heavy atom. The molecule has 0 saturated carbocycles. The molecule has 0 nitrogen and oxygen atoms in total. The minimum atomic E-state index is -0.707. The lowest BCUT2D eigenvalue weighted by Gasteiger charge is -2.06. The molecule has 0 aromatic heterocycles. The van der Waals surface area contributed by atoms with Crippen molar-refractivity contribution >= 4 is 10.8 Å². The molecule has 0 saturated heterocycles. The van der Waals surface area contributed by atoms with E-state index in [1.54, 1.807) is 24.3 Å². The van der Waals surface area contributed by atoms with Crippen LogP contribution in [0.5, 0.6) is 0 Å². The molecule has 31 heavy (non-hydrogen) atoms. The van der Waals surface area contributed by atoms with Crippen molar-refractivity contribution in [3.05, 3.63) is 120 Å². The molecule has 0 unspecified atom stereocenters. The van der Waals surface area contributed by atoms with Gasteiger partial charge in [0.2, 0.25) is 0 Å². The third kappa shape index (κ3) is 4.70. The van der Waals surface area contributed by atoms with Gasteiger partial charge in [-0.15, -0.1) is 6.58 Å². The van der Waals surface area contributed by atoms with Crippen LogP contribution < -0.4 is 0 Å². The highest BCUT2D eigenvalue weighted by molar-refractivity contribution is 5.84. The van der Waals surface area contributed by atoms with Crippen molar-refractivity contribution in [2.75, 3.05) is 0 Å². The fourth-order valence-corrected chi connectivity index (χ4v) is 3.42. The second kappa shape index (κ2) is 8.93. The summed E-state index contributed by atoms with van der Waals surface area (Å²) in [5, 5.41) is 1.55. The highest BCUT2D eigenvalue weighted by atomic mass is 19.1. The van der Waals surface area contributed by atoms with E-state index in [2.05, 4.69) is 18.4 Å². The van der Waals surface area contributed by atoms with Crippen molar-refractivity contribution in [1.82, 2.24) is 0 Å². The second-order valence-corrected chi connectivity index (χ2v) is 7.30. The van der Waals surface area contributed by atoms with Crippen LogP contribution in [-0.2, 0) is 6.42 Å². The molecular formula is C28H19F3. The van der Waals surface area contributed by atoms with Gasteiger partial charge in [-0.1, -0.05) is 54.3 Å². The van der Waals surface area contributed by atoms with Gasteiger partial charge in [-0.3, -0.25) is 0 Å². The Morgan fingerprint density at radius 1 is 0.710 bits per heavy atom. The first-order valence-electron chi connectivity index (χ1n) is 9.94. The molecule has 4 rings (SSSR count). The summed E-state index contributed by atoms with van der Waals surface area (Å²) in [6.07, 6.45) is 3.62. The van der Waals surface area contributed by atoms with Gasteiger partial charge in [-0.05, 0) is 76.7 Å². The van der Waals surface area contributed by atoms with Gasteiger partial charge < -0.3 is 0 Å². The summed E-state index contributed by atoms with van der Waals surface area (Å²) in [4.78, 5) is 0. The minimum Gasteiger partial charge on any atom is -0.207 e. The average molecular weight is 412 g/mol. The highest BCUT2D eigenvalue weighted by Crippen LogP contribution is 2.25. The zero-order valence-corrected chi connectivity index (χ0v) is 16.8. The van der Waals surface area contributed by atoms with E-state index in [-0.39, 0.29) is 11.4 Å². The lowest BCUT2D eigenvalue weighted by molar-refractivity contribution is 0.578. The van der Waals surface area contributed by atoms with Crippen LogP contribution in [0.15, 0.2) is 85.5 Å². The van der Waals surface area contributed by atoms with Crippen LogP contribution in [0.25, 0.3) is 21.9 Å². The first-order valence-corrected chi connectivity index (χ1v) is 9.94. The van der Waals surface area contributed by atoms with Crippen molar-refractivity contribution in [1.29, 1.82) is 0 Å². The van der Waals surface area contributed by atoms with Crippen molar-refractivity contribution in [2.45, 2.75) is 12.8 Å². The van der Waals surface area contributed by atoms with Gasteiger partial charge in [0.1, 0.15) is 17.5 Å². The van der Waals surface area contributed by atoms with Gasteiger partial charge >= 0.3 is 0 Å². The Kier molecular flexibility index (Phi) is 5.91. The van der Waals surface area contributed by atoms with Gasteiger partial charge in [0.25, 0.3) is 0 Å². The van der Waals surface area contributed by atoms with Crippen LogP contribution in [-0.4, -0.2) is 0 Å². The molecule has 3 heteroatoms. The largest absolute Gasteiger partial charge is 0.207 e. The lowest BCUT2D eigenvalue weighted by atomic mass is 10.00. The van der Waals surface area contributed by atoms with Crippen LogP contribution >= 0.6 is 0 Å². The van der Waals surface area contributed by atoms with Crippen LogP contribution in [0, 0.1) is 29.3 Å². The number of rotatable bonds is 4. The average Bonchev–Trinajstić information content (AvgIpc) is 2.77. The first-order chi connectivity index (χ1) is 15.0. The van der Waals surface area contributed by atoms with E-state index in [0.717, 1.165) is 34.7 Å². The lowest BCUT2D eigenvalue weighted by Crippen LogP contribution is -1.93. The van der Waals surface area contributed by atoms with Crippen molar-refractivity contribution in [3.63, 3.8) is 0 Å². The molecule has 0 fully saturated rings. The maximum Gasteiger partial charge on any atom is 0.142 e. The summed E-state index contributed by atoms with van der Waals surface area (Å²) < 4.78 is 42.6. The smallest absolute Gasteiger partial charge is 0.142 e. The van der Waals surface area contributed by atoms with E-state index in [1.165, 1.54) is 24.3 Å². The molecule has 0 radical (unpaired) electrons. The molecular weight excluding hydrogens is 393 g/mol. The number of hydrogen-bond donors (Lipinski definition) is 0. The predicted octanol–water partition coefficient (Wildman–Crippen LogP) is 7.44. The van der Waals surface area contributed by atoms with Crippen LogP contribution in [0.4, 0.5) is 13.2 Å². The summed E-state index contributed by atoms with van der Waals surface area (Å²) >= 11 is 0. The Hall–Kier alpha value is -3.77. The fraction of sp³-hybridized carbons (Fsp3) is 0.0714. The highest BCUT2D eigenvalue weighted by Gasteiger charge is 2.11. The zero-order valence-electron chi connectivity index (χ0n) is 16.8. The molecule has 0 aliphatic carbocycles. The summed E-state index contributed by atoms with van der Waals surface area (Å²) in [6.45, 7) is 3.71. The van der Waals surface area contributed by atoms with E-state index in [9.17, 15) is 13.2 Å². The Labute approximate surface area is 179 Å². The Morgan fingerprint density at radius 2 is 1.39 bits per heavy atom. The van der Waals surface area contributed by atoms with Gasteiger partial charge in [-0.25, -0.2) is 13.2 Å². The molecule has 152 valence electrons. The van der Waals surface area contributed by atoms with Gasteiger partial charge in [0, 0.05) is 5.56 Å². The number of fused-ring (bicyclic) bond motifs is 1. The molecule has 0 aliphatic heterocycles. The quantitative estimate of drug-likeness (QED) is 0.241. The Bertz CT molecular complexity index is 1300. The maximum absolute atomic E-state index is 14.6. The van der Waals surface area contributed by atoms with E-state index in [1.807, 2.05) is 30.3 Å². The number of allylic oxidation sites excluding steroid dienone is 1. The molecule has 0 spiro atoms. The number of aryl methyl sites for hydroxylation is 1. The molecule has 0 heterocycles. The zero-order chi connectivity index (χ0) is 21.8. The maximum atomic E-state index is 14.6. The number of hydrogen-bond acceptors (Lipinski definition) is 0. The van der Waals surface area contributed by atoms with Crippen LogP contribution in [0.3, 0.4) is 0 Å². The molecule has 4 aromatic rings. The third-order valence-electron chi connectivity index (χ3n) is 5.10. The standard InChI is InChI=1S/C28H19F3/c1-2-3-4-19-5-9-21(10-6-19)24-17-27(30)26(28(31)18-24)14-8-20-7-11-23-16-25(29)13-12-22(23)15-20/h2,5-7,9-13,15-18H,1,3-4H2. The van der Waals surface area contributed by atoms with E-state index < -0.39 is 11.6 Å². The molecule has 0 atom stereocenters. The van der Waals surface area contributed by atoms with Crippen LogP contribution in [0.2, 0.25) is 0 Å². The molecule has 0 amide bonds. The number of halogens is 3. The Balaban J connectivity index is 1.61.